The summed E-state index contributed by atoms with van der Waals surface area (Å²) in [5.41, 5.74) is 2.60. The molecule has 1 aromatic carbocycles. The molecule has 1 fully saturated rings. The Kier molecular flexibility index (Phi) is 5.53. The van der Waals surface area contributed by atoms with Crippen LogP contribution in [0.15, 0.2) is 30.9 Å². The van der Waals surface area contributed by atoms with Gasteiger partial charge in [-0.15, -0.1) is 6.58 Å². The monoisotopic (exact) mass is 367 g/mol. The summed E-state index contributed by atoms with van der Waals surface area (Å²) in [5.74, 6) is 0. The molecule has 0 bridgehead atoms. The van der Waals surface area contributed by atoms with E-state index in [2.05, 4.69) is 6.58 Å². The quantitative estimate of drug-likeness (QED) is 0.592. The molecule has 8 heteroatoms. The second-order valence-corrected chi connectivity index (χ2v) is 6.48. The van der Waals surface area contributed by atoms with Gasteiger partial charge in [0.1, 0.15) is 0 Å². The lowest BCUT2D eigenvalue weighted by Crippen LogP contribution is -2.24. The van der Waals surface area contributed by atoms with Crippen LogP contribution in [-0.4, -0.2) is 12.6 Å². The standard InChI is InChI=1S/C17H19F6NO/c1-2-15(4-3-14(24)8-15)10-25-9-11-5-12(16(18,19)20)7-13(6-11)17(21,22)23/h2,5-7,14H,1,3-4,8-10,24H2/t14-,15+/m0/s1. The average molecular weight is 367 g/mol. The molecule has 1 aliphatic carbocycles. The van der Waals surface area contributed by atoms with Crippen molar-refractivity contribution in [2.45, 2.75) is 44.3 Å². The lowest BCUT2D eigenvalue weighted by Gasteiger charge is -2.25. The van der Waals surface area contributed by atoms with Crippen molar-refractivity contribution in [2.24, 2.45) is 11.1 Å². The Morgan fingerprint density at radius 2 is 1.68 bits per heavy atom. The molecule has 0 amide bonds. The van der Waals surface area contributed by atoms with Crippen LogP contribution in [0.2, 0.25) is 0 Å². The van der Waals surface area contributed by atoms with Crippen molar-refractivity contribution in [3.05, 3.63) is 47.5 Å². The Balaban J connectivity index is 2.14. The van der Waals surface area contributed by atoms with Crippen molar-refractivity contribution >= 4 is 0 Å². The highest BCUT2D eigenvalue weighted by atomic mass is 19.4. The van der Waals surface area contributed by atoms with Crippen molar-refractivity contribution < 1.29 is 31.1 Å². The van der Waals surface area contributed by atoms with Crippen LogP contribution in [0.5, 0.6) is 0 Å². The molecule has 0 saturated heterocycles. The first kappa shape index (κ1) is 19.8. The zero-order chi connectivity index (χ0) is 18.9. The fourth-order valence-electron chi connectivity index (χ4n) is 3.05. The SMILES string of the molecule is C=C[C@@]1(COCc2cc(C(F)(F)F)cc(C(F)(F)F)c2)CC[C@H](N)C1. The van der Waals surface area contributed by atoms with Gasteiger partial charge in [-0.3, -0.25) is 0 Å². The Labute approximate surface area is 141 Å². The van der Waals surface area contributed by atoms with Gasteiger partial charge in [-0.1, -0.05) is 6.08 Å². The van der Waals surface area contributed by atoms with Crippen LogP contribution < -0.4 is 5.73 Å². The van der Waals surface area contributed by atoms with Gasteiger partial charge in [0.05, 0.1) is 24.3 Å². The molecule has 0 aliphatic heterocycles. The molecular formula is C17H19F6NO. The molecule has 1 aromatic rings. The Hall–Kier alpha value is -1.54. The van der Waals surface area contributed by atoms with E-state index in [0.29, 0.717) is 18.6 Å². The van der Waals surface area contributed by atoms with Crippen LogP contribution in [0.3, 0.4) is 0 Å². The maximum Gasteiger partial charge on any atom is 0.416 e. The third kappa shape index (κ3) is 4.98. The second-order valence-electron chi connectivity index (χ2n) is 6.48. The van der Waals surface area contributed by atoms with E-state index in [-0.39, 0.29) is 36.3 Å². The minimum atomic E-state index is -4.86. The van der Waals surface area contributed by atoms with Crippen LogP contribution in [0.1, 0.15) is 36.0 Å². The van der Waals surface area contributed by atoms with E-state index in [1.54, 1.807) is 6.08 Å². The van der Waals surface area contributed by atoms with E-state index in [0.717, 1.165) is 12.8 Å². The first-order chi connectivity index (χ1) is 11.5. The van der Waals surface area contributed by atoms with Gasteiger partial charge >= 0.3 is 12.4 Å². The van der Waals surface area contributed by atoms with Gasteiger partial charge in [0.25, 0.3) is 0 Å². The minimum Gasteiger partial charge on any atom is -0.376 e. The summed E-state index contributed by atoms with van der Waals surface area (Å²) >= 11 is 0. The molecular weight excluding hydrogens is 348 g/mol. The highest BCUT2D eigenvalue weighted by molar-refractivity contribution is 5.33. The third-order valence-corrected chi connectivity index (χ3v) is 4.42. The molecule has 0 unspecified atom stereocenters. The van der Waals surface area contributed by atoms with Crippen molar-refractivity contribution in [2.75, 3.05) is 6.61 Å². The van der Waals surface area contributed by atoms with Gasteiger partial charge in [-0.25, -0.2) is 0 Å². The van der Waals surface area contributed by atoms with Gasteiger partial charge in [-0.2, -0.15) is 26.3 Å². The zero-order valence-electron chi connectivity index (χ0n) is 13.4. The third-order valence-electron chi connectivity index (χ3n) is 4.42. The fourth-order valence-corrected chi connectivity index (χ4v) is 3.05. The first-order valence-corrected chi connectivity index (χ1v) is 7.70. The number of rotatable bonds is 5. The summed E-state index contributed by atoms with van der Waals surface area (Å²) in [4.78, 5) is 0. The normalized spacial score (nSPS) is 24.5. The molecule has 2 nitrogen and oxygen atoms in total. The summed E-state index contributed by atoms with van der Waals surface area (Å²) in [6, 6.07) is 1.45. The van der Waals surface area contributed by atoms with Crippen molar-refractivity contribution in [1.29, 1.82) is 0 Å². The topological polar surface area (TPSA) is 35.2 Å². The second kappa shape index (κ2) is 6.99. The van der Waals surface area contributed by atoms with Crippen LogP contribution in [0.25, 0.3) is 0 Å². The predicted octanol–water partition coefficient (Wildman–Crippen LogP) is 4.92. The Morgan fingerprint density at radius 3 is 2.08 bits per heavy atom. The van der Waals surface area contributed by atoms with Gasteiger partial charge in [0.2, 0.25) is 0 Å². The number of halogens is 6. The van der Waals surface area contributed by atoms with Crippen molar-refractivity contribution in [1.82, 2.24) is 0 Å². The van der Waals surface area contributed by atoms with Gasteiger partial charge in [0.15, 0.2) is 0 Å². The van der Waals surface area contributed by atoms with E-state index in [1.165, 1.54) is 0 Å². The summed E-state index contributed by atoms with van der Waals surface area (Å²) < 4.78 is 82.4. The first-order valence-electron chi connectivity index (χ1n) is 7.70. The molecule has 1 saturated carbocycles. The molecule has 0 spiro atoms. The molecule has 2 atom stereocenters. The highest BCUT2D eigenvalue weighted by Gasteiger charge is 2.37. The number of nitrogens with two attached hydrogens (primary N) is 1. The molecule has 140 valence electrons. The van der Waals surface area contributed by atoms with Gasteiger partial charge < -0.3 is 10.5 Å². The minimum absolute atomic E-state index is 0.00742. The van der Waals surface area contributed by atoms with E-state index in [1.807, 2.05) is 0 Å². The highest BCUT2D eigenvalue weighted by Crippen LogP contribution is 2.39. The van der Waals surface area contributed by atoms with E-state index >= 15 is 0 Å². The maximum absolute atomic E-state index is 12.8. The fraction of sp³-hybridized carbons (Fsp3) is 0.529. The average Bonchev–Trinajstić information content (AvgIpc) is 2.87. The van der Waals surface area contributed by atoms with Gasteiger partial charge in [0, 0.05) is 11.5 Å². The van der Waals surface area contributed by atoms with Crippen LogP contribution in [0.4, 0.5) is 26.3 Å². The number of ether oxygens (including phenoxy) is 1. The Bertz CT molecular complexity index is 592. The lowest BCUT2D eigenvalue weighted by atomic mass is 9.87. The molecule has 0 aromatic heterocycles. The van der Waals surface area contributed by atoms with E-state index < -0.39 is 23.5 Å². The molecule has 1 aliphatic rings. The lowest BCUT2D eigenvalue weighted by molar-refractivity contribution is -0.143. The van der Waals surface area contributed by atoms with E-state index in [9.17, 15) is 26.3 Å². The van der Waals surface area contributed by atoms with Crippen molar-refractivity contribution in [3.8, 4) is 0 Å². The van der Waals surface area contributed by atoms with Crippen LogP contribution in [0, 0.1) is 5.41 Å². The molecule has 0 radical (unpaired) electrons. The summed E-state index contributed by atoms with van der Waals surface area (Å²) in [7, 11) is 0. The number of hydrogen-bond donors (Lipinski definition) is 1. The van der Waals surface area contributed by atoms with E-state index in [4.69, 9.17) is 10.5 Å². The van der Waals surface area contributed by atoms with Crippen LogP contribution in [-0.2, 0) is 23.7 Å². The number of hydrogen-bond acceptors (Lipinski definition) is 2. The molecule has 0 heterocycles. The predicted molar refractivity (Wildman–Crippen MR) is 80.6 cm³/mol. The molecule has 2 rings (SSSR count). The van der Waals surface area contributed by atoms with Crippen molar-refractivity contribution in [3.63, 3.8) is 0 Å². The largest absolute Gasteiger partial charge is 0.416 e. The maximum atomic E-state index is 12.8. The summed E-state index contributed by atoms with van der Waals surface area (Å²) in [6.07, 6.45) is -5.89. The summed E-state index contributed by atoms with van der Waals surface area (Å²) in [6.45, 7) is 3.54. The zero-order valence-corrected chi connectivity index (χ0v) is 13.4. The summed E-state index contributed by atoms with van der Waals surface area (Å²) in [5, 5.41) is 0. The molecule has 25 heavy (non-hydrogen) atoms. The number of benzene rings is 1. The Morgan fingerprint density at radius 1 is 1.12 bits per heavy atom. The van der Waals surface area contributed by atoms with Crippen LogP contribution >= 0.6 is 0 Å². The smallest absolute Gasteiger partial charge is 0.376 e. The van der Waals surface area contributed by atoms with Gasteiger partial charge in [-0.05, 0) is 43.0 Å². The molecule has 2 N–H and O–H groups in total. The number of alkyl halides is 6.